The molecule has 1 fully saturated rings. The average Bonchev–Trinajstić information content (AvgIpc) is 3.55. The number of carbonyl (C=O) groups excluding carboxylic acids is 4. The molecule has 0 spiro atoms. The first kappa shape index (κ1) is 25.9. The van der Waals surface area contributed by atoms with Crippen LogP contribution in [0.2, 0.25) is 0 Å². The minimum atomic E-state index is -0.573. The summed E-state index contributed by atoms with van der Waals surface area (Å²) < 4.78 is 13.2. The summed E-state index contributed by atoms with van der Waals surface area (Å²) in [5, 5.41) is 11.3. The highest BCUT2D eigenvalue weighted by Gasteiger charge is 2.29. The first-order valence-corrected chi connectivity index (χ1v) is 12.6. The van der Waals surface area contributed by atoms with E-state index < -0.39 is 6.04 Å². The van der Waals surface area contributed by atoms with Gasteiger partial charge in [0.2, 0.25) is 11.8 Å². The van der Waals surface area contributed by atoms with Crippen LogP contribution in [0.25, 0.3) is 11.6 Å². The molecular weight excluding hydrogens is 501 g/mol. The van der Waals surface area contributed by atoms with Crippen LogP contribution >= 0.6 is 0 Å². The molecule has 3 aromatic rings. The fourth-order valence-electron chi connectivity index (χ4n) is 4.86. The molecule has 0 saturated carbocycles. The summed E-state index contributed by atoms with van der Waals surface area (Å²) in [6.07, 6.45) is 2.46. The van der Waals surface area contributed by atoms with Gasteiger partial charge in [0.1, 0.15) is 11.9 Å². The van der Waals surface area contributed by atoms with E-state index in [4.69, 9.17) is 0 Å². The number of H-pyrrole nitrogens is 1. The molecule has 2 aliphatic rings. The van der Waals surface area contributed by atoms with Crippen LogP contribution in [0.5, 0.6) is 0 Å². The lowest BCUT2D eigenvalue weighted by Gasteiger charge is -2.15. The lowest BCUT2D eigenvalue weighted by atomic mass is 10.0. The Morgan fingerprint density at radius 2 is 1.85 bits per heavy atom. The Bertz CT molecular complexity index is 1540. The second kappa shape index (κ2) is 10.2. The van der Waals surface area contributed by atoms with Gasteiger partial charge in [0.05, 0.1) is 17.3 Å². The summed E-state index contributed by atoms with van der Waals surface area (Å²) in [7, 11) is 0. The average molecular weight is 530 g/mol. The number of aryl methyl sites for hydroxylation is 1. The Kier molecular flexibility index (Phi) is 6.78. The number of anilines is 2. The van der Waals surface area contributed by atoms with Crippen molar-refractivity contribution >= 4 is 46.7 Å². The number of nitrogens with one attached hydrogen (secondary N) is 5. The van der Waals surface area contributed by atoms with Crippen molar-refractivity contribution in [3.8, 4) is 0 Å². The van der Waals surface area contributed by atoms with Gasteiger partial charge in [-0.2, -0.15) is 0 Å². The Hall–Kier alpha value is -4.73. The normalized spacial score (nSPS) is 17.9. The van der Waals surface area contributed by atoms with Crippen molar-refractivity contribution in [1.82, 2.24) is 15.6 Å². The van der Waals surface area contributed by atoms with Gasteiger partial charge in [0.25, 0.3) is 11.8 Å². The summed E-state index contributed by atoms with van der Waals surface area (Å²) in [6, 6.07) is 9.97. The minimum Gasteiger partial charge on any atom is -0.357 e. The number of aromatic nitrogens is 1. The molecule has 2 aliphatic heterocycles. The number of rotatable bonds is 6. The van der Waals surface area contributed by atoms with E-state index in [0.717, 1.165) is 11.1 Å². The summed E-state index contributed by atoms with van der Waals surface area (Å²) in [6.45, 7) is 5.45. The molecule has 4 amide bonds. The van der Waals surface area contributed by atoms with Crippen LogP contribution in [-0.2, 0) is 14.4 Å². The highest BCUT2D eigenvalue weighted by Crippen LogP contribution is 2.35. The first-order chi connectivity index (χ1) is 18.6. The van der Waals surface area contributed by atoms with E-state index in [9.17, 15) is 23.6 Å². The molecule has 0 bridgehead atoms. The lowest BCUT2D eigenvalue weighted by molar-refractivity contribution is -0.122. The molecule has 3 heterocycles. The maximum absolute atomic E-state index is 13.2. The molecular formula is C29H28FN5O4. The van der Waals surface area contributed by atoms with Crippen LogP contribution in [0.4, 0.5) is 15.8 Å². The Balaban J connectivity index is 1.38. The van der Waals surface area contributed by atoms with E-state index in [0.29, 0.717) is 52.3 Å². The SMILES string of the molecule is Cc1[nH]c(/C=C2\C(=O)Nc3ccc(C(=O)N[C@H](C)c4ccc(F)cc4)cc32)c(C)c1NC(=O)[C@@H]1CCC(=O)N1. The van der Waals surface area contributed by atoms with E-state index in [1.807, 2.05) is 20.8 Å². The van der Waals surface area contributed by atoms with Gasteiger partial charge in [-0.3, -0.25) is 19.2 Å². The van der Waals surface area contributed by atoms with Crippen molar-refractivity contribution in [1.29, 1.82) is 0 Å². The van der Waals surface area contributed by atoms with Crippen LogP contribution in [-0.4, -0.2) is 34.7 Å². The van der Waals surface area contributed by atoms with Crippen LogP contribution in [0.3, 0.4) is 0 Å². The van der Waals surface area contributed by atoms with Gasteiger partial charge in [-0.15, -0.1) is 0 Å². The molecule has 1 aromatic heterocycles. The van der Waals surface area contributed by atoms with Crippen molar-refractivity contribution in [2.75, 3.05) is 10.6 Å². The topological polar surface area (TPSA) is 132 Å². The number of carbonyl (C=O) groups is 4. The van der Waals surface area contributed by atoms with Crippen LogP contribution in [0.15, 0.2) is 42.5 Å². The molecule has 39 heavy (non-hydrogen) atoms. The van der Waals surface area contributed by atoms with E-state index in [1.165, 1.54) is 12.1 Å². The zero-order valence-corrected chi connectivity index (χ0v) is 21.7. The Labute approximate surface area is 224 Å². The zero-order chi connectivity index (χ0) is 27.8. The van der Waals surface area contributed by atoms with Gasteiger partial charge >= 0.3 is 0 Å². The molecule has 0 unspecified atom stereocenters. The molecule has 9 nitrogen and oxygen atoms in total. The maximum atomic E-state index is 13.2. The van der Waals surface area contributed by atoms with Gasteiger partial charge < -0.3 is 26.3 Å². The molecule has 0 aliphatic carbocycles. The largest absolute Gasteiger partial charge is 0.357 e. The van der Waals surface area contributed by atoms with Crippen LogP contribution in [0.1, 0.15) is 64.2 Å². The smallest absolute Gasteiger partial charge is 0.256 e. The van der Waals surface area contributed by atoms with Crippen molar-refractivity contribution in [2.24, 2.45) is 0 Å². The quantitative estimate of drug-likeness (QED) is 0.309. The van der Waals surface area contributed by atoms with E-state index in [2.05, 4.69) is 26.3 Å². The number of fused-ring (bicyclic) bond motifs is 1. The molecule has 5 rings (SSSR count). The molecule has 5 N–H and O–H groups in total. The van der Waals surface area contributed by atoms with Gasteiger partial charge in [0.15, 0.2) is 0 Å². The van der Waals surface area contributed by atoms with E-state index >= 15 is 0 Å². The minimum absolute atomic E-state index is 0.146. The maximum Gasteiger partial charge on any atom is 0.256 e. The summed E-state index contributed by atoms with van der Waals surface area (Å²) in [5.74, 6) is -1.43. The monoisotopic (exact) mass is 529 g/mol. The highest BCUT2D eigenvalue weighted by atomic mass is 19.1. The summed E-state index contributed by atoms with van der Waals surface area (Å²) in [5.41, 5.74) is 5.34. The molecule has 1 saturated heterocycles. The van der Waals surface area contributed by atoms with Gasteiger partial charge in [-0.25, -0.2) is 4.39 Å². The van der Waals surface area contributed by atoms with Crippen LogP contribution < -0.4 is 21.3 Å². The third-order valence-corrected chi connectivity index (χ3v) is 7.11. The standard InChI is InChI=1S/C29H28FN5O4/c1-14-24(31-16(3)26(14)35-29(39)23-10-11-25(36)33-23)13-21-20-12-18(6-9-22(20)34-28(21)38)27(37)32-15(2)17-4-7-19(30)8-5-17/h4-9,12-13,15,23,31H,10-11H2,1-3H3,(H,32,37)(H,33,36)(H,34,38)(H,35,39)/b21-13-/t15-,23+/m1/s1. The number of benzene rings is 2. The third kappa shape index (κ3) is 5.18. The summed E-state index contributed by atoms with van der Waals surface area (Å²) in [4.78, 5) is 53.2. The molecule has 0 radical (unpaired) electrons. The van der Waals surface area contributed by atoms with Gasteiger partial charge in [0, 0.05) is 34.6 Å². The van der Waals surface area contributed by atoms with E-state index in [-0.39, 0.29) is 35.5 Å². The molecule has 2 atom stereocenters. The predicted octanol–water partition coefficient (Wildman–Crippen LogP) is 3.97. The molecule has 10 heteroatoms. The second-order valence-corrected chi connectivity index (χ2v) is 9.83. The molecule has 200 valence electrons. The number of halogens is 1. The lowest BCUT2D eigenvalue weighted by Crippen LogP contribution is -2.37. The number of hydrogen-bond acceptors (Lipinski definition) is 4. The Morgan fingerprint density at radius 1 is 1.10 bits per heavy atom. The number of aromatic amines is 1. The molecule has 2 aromatic carbocycles. The first-order valence-electron chi connectivity index (χ1n) is 12.6. The van der Waals surface area contributed by atoms with Crippen molar-refractivity contribution < 1.29 is 23.6 Å². The fraction of sp³-hybridized carbons (Fsp3) is 0.241. The number of hydrogen-bond donors (Lipinski definition) is 5. The Morgan fingerprint density at radius 3 is 2.54 bits per heavy atom. The van der Waals surface area contributed by atoms with Gasteiger partial charge in [-0.1, -0.05) is 12.1 Å². The second-order valence-electron chi connectivity index (χ2n) is 9.83. The highest BCUT2D eigenvalue weighted by molar-refractivity contribution is 6.35. The third-order valence-electron chi connectivity index (χ3n) is 7.11. The van der Waals surface area contributed by atoms with Crippen LogP contribution in [0, 0.1) is 19.7 Å². The predicted molar refractivity (Wildman–Crippen MR) is 145 cm³/mol. The number of amides is 4. The zero-order valence-electron chi connectivity index (χ0n) is 21.7. The van der Waals surface area contributed by atoms with Crippen molar-refractivity contribution in [2.45, 2.75) is 45.7 Å². The van der Waals surface area contributed by atoms with Gasteiger partial charge in [-0.05, 0) is 74.7 Å². The fourth-order valence-corrected chi connectivity index (χ4v) is 4.86. The summed E-state index contributed by atoms with van der Waals surface area (Å²) >= 11 is 0. The van der Waals surface area contributed by atoms with E-state index in [1.54, 1.807) is 36.4 Å². The van der Waals surface area contributed by atoms with Crippen molar-refractivity contribution in [3.05, 3.63) is 81.9 Å². The van der Waals surface area contributed by atoms with Crippen molar-refractivity contribution in [3.63, 3.8) is 0 Å².